The second-order valence-corrected chi connectivity index (χ2v) is 6.46. The van der Waals surface area contributed by atoms with Gasteiger partial charge in [-0.05, 0) is 55.0 Å². The normalized spacial score (nSPS) is 14.4. The maximum Gasteiger partial charge on any atom is 0.253 e. The van der Waals surface area contributed by atoms with Crippen LogP contribution in [-0.4, -0.2) is 54.4 Å². The summed E-state index contributed by atoms with van der Waals surface area (Å²) in [4.78, 5) is 28.3. The monoisotopic (exact) mass is 382 g/mol. The van der Waals surface area contributed by atoms with Gasteiger partial charge in [0.15, 0.2) is 0 Å². The molecule has 1 saturated heterocycles. The predicted octanol–water partition coefficient (Wildman–Crippen LogP) is 3.22. The lowest BCUT2D eigenvalue weighted by Gasteiger charge is -2.34. The Bertz CT molecular complexity index is 839. The number of benzene rings is 2. The van der Waals surface area contributed by atoms with Crippen LogP contribution < -0.4 is 4.74 Å². The van der Waals surface area contributed by atoms with Crippen LogP contribution >= 0.6 is 0 Å². The van der Waals surface area contributed by atoms with Crippen LogP contribution in [0.15, 0.2) is 54.6 Å². The number of amides is 2. The number of hydrogen-bond donors (Lipinski definition) is 0. The van der Waals surface area contributed by atoms with Crippen molar-refractivity contribution in [1.29, 1.82) is 0 Å². The highest BCUT2D eigenvalue weighted by Gasteiger charge is 2.23. The van der Waals surface area contributed by atoms with E-state index in [1.165, 1.54) is 24.3 Å². The van der Waals surface area contributed by atoms with Crippen LogP contribution in [0.4, 0.5) is 4.39 Å². The number of nitrogens with zero attached hydrogens (tertiary/aromatic N) is 2. The fraction of sp³-hybridized carbons (Fsp3) is 0.273. The van der Waals surface area contributed by atoms with E-state index in [-0.39, 0.29) is 17.6 Å². The second kappa shape index (κ2) is 9.17. The molecule has 146 valence electrons. The number of halogens is 1. The Balaban J connectivity index is 1.51. The highest BCUT2D eigenvalue weighted by Crippen LogP contribution is 2.14. The van der Waals surface area contributed by atoms with E-state index in [9.17, 15) is 14.0 Å². The van der Waals surface area contributed by atoms with E-state index in [0.29, 0.717) is 38.3 Å². The minimum Gasteiger partial charge on any atom is -0.494 e. The summed E-state index contributed by atoms with van der Waals surface area (Å²) in [6.45, 7) is 4.40. The Labute approximate surface area is 164 Å². The largest absolute Gasteiger partial charge is 0.494 e. The fourth-order valence-corrected chi connectivity index (χ4v) is 3.02. The van der Waals surface area contributed by atoms with Gasteiger partial charge in [-0.3, -0.25) is 9.59 Å². The van der Waals surface area contributed by atoms with Crippen molar-refractivity contribution >= 4 is 17.9 Å². The molecule has 0 unspecified atom stereocenters. The predicted molar refractivity (Wildman–Crippen MR) is 106 cm³/mol. The van der Waals surface area contributed by atoms with Gasteiger partial charge in [0.25, 0.3) is 5.91 Å². The SMILES string of the molecule is CCOc1ccc(/C=C/C(=O)N2CCN(C(=O)c3ccc(F)cc3)CC2)cc1. The Morgan fingerprint density at radius 3 is 2.18 bits per heavy atom. The van der Waals surface area contributed by atoms with Crippen LogP contribution in [0.2, 0.25) is 0 Å². The van der Waals surface area contributed by atoms with Gasteiger partial charge in [0.05, 0.1) is 6.61 Å². The van der Waals surface area contributed by atoms with E-state index in [4.69, 9.17) is 4.74 Å². The molecule has 0 N–H and O–H groups in total. The van der Waals surface area contributed by atoms with Gasteiger partial charge in [-0.25, -0.2) is 4.39 Å². The third-order valence-electron chi connectivity index (χ3n) is 4.58. The third-order valence-corrected chi connectivity index (χ3v) is 4.58. The van der Waals surface area contributed by atoms with Gasteiger partial charge in [-0.1, -0.05) is 12.1 Å². The molecule has 1 aliphatic rings. The molecule has 2 aromatic carbocycles. The molecule has 5 nitrogen and oxygen atoms in total. The van der Waals surface area contributed by atoms with Crippen LogP contribution in [0.5, 0.6) is 5.75 Å². The van der Waals surface area contributed by atoms with Crippen molar-refractivity contribution in [2.24, 2.45) is 0 Å². The minimum absolute atomic E-state index is 0.0808. The molecule has 0 spiro atoms. The van der Waals surface area contributed by atoms with Gasteiger partial charge in [-0.15, -0.1) is 0 Å². The summed E-state index contributed by atoms with van der Waals surface area (Å²) in [5.74, 6) is 0.207. The zero-order chi connectivity index (χ0) is 19.9. The molecule has 6 heteroatoms. The highest BCUT2D eigenvalue weighted by molar-refractivity contribution is 5.95. The zero-order valence-electron chi connectivity index (χ0n) is 15.8. The van der Waals surface area contributed by atoms with Crippen LogP contribution in [0.25, 0.3) is 6.08 Å². The lowest BCUT2D eigenvalue weighted by molar-refractivity contribution is -0.127. The average molecular weight is 382 g/mol. The summed E-state index contributed by atoms with van der Waals surface area (Å²) in [6, 6.07) is 13.0. The molecule has 2 amide bonds. The molecule has 0 radical (unpaired) electrons. The molecule has 0 aliphatic carbocycles. The molecular weight excluding hydrogens is 359 g/mol. The van der Waals surface area contributed by atoms with Crippen LogP contribution in [0.1, 0.15) is 22.8 Å². The number of carbonyl (C=O) groups is 2. The maximum absolute atomic E-state index is 13.0. The maximum atomic E-state index is 13.0. The molecule has 3 rings (SSSR count). The Morgan fingerprint density at radius 2 is 1.57 bits per heavy atom. The van der Waals surface area contributed by atoms with Crippen LogP contribution in [-0.2, 0) is 4.79 Å². The molecule has 0 aromatic heterocycles. The van der Waals surface area contributed by atoms with E-state index < -0.39 is 0 Å². The molecule has 0 saturated carbocycles. The average Bonchev–Trinajstić information content (AvgIpc) is 2.73. The number of carbonyl (C=O) groups excluding carboxylic acids is 2. The fourth-order valence-electron chi connectivity index (χ4n) is 3.02. The van der Waals surface area contributed by atoms with Crippen molar-refractivity contribution in [3.63, 3.8) is 0 Å². The molecule has 0 bridgehead atoms. The zero-order valence-corrected chi connectivity index (χ0v) is 15.8. The van der Waals surface area contributed by atoms with Crippen molar-refractivity contribution in [3.8, 4) is 5.75 Å². The van der Waals surface area contributed by atoms with E-state index in [0.717, 1.165) is 11.3 Å². The molecule has 0 atom stereocenters. The summed E-state index contributed by atoms with van der Waals surface area (Å²) < 4.78 is 18.4. The lowest BCUT2D eigenvalue weighted by Crippen LogP contribution is -2.50. The quantitative estimate of drug-likeness (QED) is 0.746. The van der Waals surface area contributed by atoms with E-state index in [2.05, 4.69) is 0 Å². The van der Waals surface area contributed by atoms with Gasteiger partial charge in [0.2, 0.25) is 5.91 Å². The van der Waals surface area contributed by atoms with Crippen LogP contribution in [0, 0.1) is 5.82 Å². The Morgan fingerprint density at radius 1 is 0.964 bits per heavy atom. The number of ether oxygens (including phenoxy) is 1. The summed E-state index contributed by atoms with van der Waals surface area (Å²) in [7, 11) is 0. The topological polar surface area (TPSA) is 49.9 Å². The van der Waals surface area contributed by atoms with Gasteiger partial charge in [-0.2, -0.15) is 0 Å². The van der Waals surface area contributed by atoms with Crippen molar-refractivity contribution in [1.82, 2.24) is 9.80 Å². The molecule has 1 fully saturated rings. The lowest BCUT2D eigenvalue weighted by atomic mass is 10.1. The van der Waals surface area contributed by atoms with Crippen molar-refractivity contribution in [2.75, 3.05) is 32.8 Å². The Kier molecular flexibility index (Phi) is 6.42. The number of piperazine rings is 1. The molecular formula is C22H23FN2O3. The number of rotatable bonds is 5. The van der Waals surface area contributed by atoms with Gasteiger partial charge >= 0.3 is 0 Å². The van der Waals surface area contributed by atoms with Gasteiger partial charge in [0.1, 0.15) is 11.6 Å². The van der Waals surface area contributed by atoms with Crippen molar-refractivity contribution < 1.29 is 18.7 Å². The summed E-state index contributed by atoms with van der Waals surface area (Å²) in [5.41, 5.74) is 1.37. The molecule has 28 heavy (non-hydrogen) atoms. The first kappa shape index (κ1) is 19.6. The number of hydrogen-bond acceptors (Lipinski definition) is 3. The standard InChI is InChI=1S/C22H23FN2O3/c1-2-28-20-10-3-17(4-11-20)5-12-21(26)24-13-15-25(16-14-24)22(27)18-6-8-19(23)9-7-18/h3-12H,2,13-16H2,1H3/b12-5+. The van der Waals surface area contributed by atoms with Gasteiger partial charge in [0, 0.05) is 37.8 Å². The smallest absolute Gasteiger partial charge is 0.253 e. The first-order chi connectivity index (χ1) is 13.6. The summed E-state index contributed by atoms with van der Waals surface area (Å²) in [5, 5.41) is 0. The van der Waals surface area contributed by atoms with E-state index in [1.54, 1.807) is 22.0 Å². The first-order valence-electron chi connectivity index (χ1n) is 9.31. The van der Waals surface area contributed by atoms with Gasteiger partial charge < -0.3 is 14.5 Å². The summed E-state index contributed by atoms with van der Waals surface area (Å²) >= 11 is 0. The minimum atomic E-state index is -0.369. The van der Waals surface area contributed by atoms with E-state index in [1.807, 2.05) is 31.2 Å². The highest BCUT2D eigenvalue weighted by atomic mass is 19.1. The van der Waals surface area contributed by atoms with Crippen molar-refractivity contribution in [3.05, 3.63) is 71.6 Å². The first-order valence-corrected chi connectivity index (χ1v) is 9.31. The molecule has 2 aromatic rings. The van der Waals surface area contributed by atoms with E-state index >= 15 is 0 Å². The van der Waals surface area contributed by atoms with Crippen LogP contribution in [0.3, 0.4) is 0 Å². The molecule has 1 heterocycles. The third kappa shape index (κ3) is 4.97. The second-order valence-electron chi connectivity index (χ2n) is 6.46. The summed E-state index contributed by atoms with van der Waals surface area (Å²) in [6.07, 6.45) is 3.32. The Hall–Kier alpha value is -3.15. The van der Waals surface area contributed by atoms with Crippen molar-refractivity contribution in [2.45, 2.75) is 6.92 Å². The molecule has 1 aliphatic heterocycles.